The molecule has 0 bridgehead atoms. The zero-order chi connectivity index (χ0) is 28.6. The van der Waals surface area contributed by atoms with E-state index in [4.69, 9.17) is 14.4 Å². The van der Waals surface area contributed by atoms with Crippen molar-refractivity contribution in [2.45, 2.75) is 45.8 Å². The van der Waals surface area contributed by atoms with Crippen LogP contribution < -0.4 is 15.4 Å². The number of amides is 1. The number of aliphatic hydroxyl groups excluding tert-OH is 1. The summed E-state index contributed by atoms with van der Waals surface area (Å²) in [6, 6.07) is 24.7. The Hall–Kier alpha value is -4.38. The van der Waals surface area contributed by atoms with Crippen LogP contribution in [0.3, 0.4) is 0 Å². The summed E-state index contributed by atoms with van der Waals surface area (Å²) >= 11 is 0. The van der Waals surface area contributed by atoms with Crippen LogP contribution in [-0.4, -0.2) is 30.8 Å². The van der Waals surface area contributed by atoms with E-state index in [0.717, 1.165) is 16.9 Å². The molecule has 3 N–H and O–H groups in total. The Bertz CT molecular complexity index is 1480. The van der Waals surface area contributed by atoms with Crippen LogP contribution in [0, 0.1) is 25.2 Å². The molecule has 0 spiro atoms. The van der Waals surface area contributed by atoms with Gasteiger partial charge in [-0.3, -0.25) is 4.79 Å². The maximum Gasteiger partial charge on any atom is 0.251 e. The summed E-state index contributed by atoms with van der Waals surface area (Å²) in [6.07, 6.45) is 0.436. The van der Waals surface area contributed by atoms with E-state index in [1.54, 1.807) is 25.3 Å². The summed E-state index contributed by atoms with van der Waals surface area (Å²) in [4.78, 5) is 13.3. The van der Waals surface area contributed by atoms with Crippen LogP contribution in [0.1, 0.15) is 56.9 Å². The van der Waals surface area contributed by atoms with Gasteiger partial charge in [-0.15, -0.1) is 0 Å². The highest BCUT2D eigenvalue weighted by Gasteiger charge is 2.20. The number of carbonyl (C=O) groups is 1. The summed E-state index contributed by atoms with van der Waals surface area (Å²) in [6.45, 7) is 6.36. The molecule has 1 heterocycles. The molecule has 3 aromatic carbocycles. The number of methoxy groups -OCH3 is 1. The average Bonchev–Trinajstić information content (AvgIpc) is 3.44. The van der Waals surface area contributed by atoms with Crippen LogP contribution in [0.2, 0.25) is 0 Å². The van der Waals surface area contributed by atoms with E-state index in [1.807, 2.05) is 37.3 Å². The second-order valence-corrected chi connectivity index (χ2v) is 10.0. The number of hydrogen-bond acceptors (Lipinski definition) is 6. The molecule has 0 aliphatic rings. The van der Waals surface area contributed by atoms with E-state index in [-0.39, 0.29) is 18.6 Å². The molecule has 206 valence electrons. The van der Waals surface area contributed by atoms with Crippen molar-refractivity contribution in [3.8, 4) is 23.1 Å². The summed E-state index contributed by atoms with van der Waals surface area (Å²) in [5.41, 5.74) is 5.79. The summed E-state index contributed by atoms with van der Waals surface area (Å²) in [7, 11) is 1.59. The van der Waals surface area contributed by atoms with E-state index in [9.17, 15) is 9.90 Å². The van der Waals surface area contributed by atoms with E-state index in [2.05, 4.69) is 54.8 Å². The highest BCUT2D eigenvalue weighted by Crippen LogP contribution is 2.34. The predicted octanol–water partition coefficient (Wildman–Crippen LogP) is 5.63. The number of rotatable bonds is 11. The Morgan fingerprint density at radius 3 is 2.42 bits per heavy atom. The molecule has 0 radical (unpaired) electrons. The zero-order valence-electron chi connectivity index (χ0n) is 23.3. The van der Waals surface area contributed by atoms with Gasteiger partial charge in [0.15, 0.2) is 0 Å². The third-order valence-corrected chi connectivity index (χ3v) is 7.00. The molecule has 7 heteroatoms. The van der Waals surface area contributed by atoms with Gasteiger partial charge < -0.3 is 24.9 Å². The van der Waals surface area contributed by atoms with Gasteiger partial charge in [-0.2, -0.15) is 5.26 Å². The number of furan rings is 1. The topological polar surface area (TPSA) is 108 Å². The molecule has 0 aliphatic carbocycles. The van der Waals surface area contributed by atoms with Gasteiger partial charge in [0.25, 0.3) is 5.91 Å². The van der Waals surface area contributed by atoms with Crippen molar-refractivity contribution >= 4 is 5.91 Å². The number of benzene rings is 3. The zero-order valence-corrected chi connectivity index (χ0v) is 23.3. The van der Waals surface area contributed by atoms with Gasteiger partial charge in [0.2, 0.25) is 0 Å². The first kappa shape index (κ1) is 28.6. The lowest BCUT2D eigenvalue weighted by atomic mass is 10.0. The van der Waals surface area contributed by atoms with Crippen LogP contribution in [-0.2, 0) is 13.0 Å². The highest BCUT2D eigenvalue weighted by molar-refractivity contribution is 5.97. The minimum atomic E-state index is -0.484. The van der Waals surface area contributed by atoms with Gasteiger partial charge >= 0.3 is 0 Å². The molecule has 0 unspecified atom stereocenters. The first-order valence-corrected chi connectivity index (χ1v) is 13.3. The van der Waals surface area contributed by atoms with Crippen molar-refractivity contribution in [3.05, 3.63) is 112 Å². The molecule has 1 aromatic heterocycles. The van der Waals surface area contributed by atoms with Crippen LogP contribution in [0.15, 0.2) is 77.2 Å². The molecule has 0 saturated carbocycles. The lowest BCUT2D eigenvalue weighted by Crippen LogP contribution is -2.39. The number of nitrogens with zero attached hydrogens (tertiary/aromatic N) is 1. The Morgan fingerprint density at radius 1 is 1.05 bits per heavy atom. The fourth-order valence-corrected chi connectivity index (χ4v) is 4.56. The van der Waals surface area contributed by atoms with E-state index in [0.29, 0.717) is 41.2 Å². The summed E-state index contributed by atoms with van der Waals surface area (Å²) in [5, 5.41) is 25.4. The standard InChI is InChI=1S/C33H35N3O4/c1-21-5-11-26(12-6-21)23(3)35-19-28-13-14-31(40-28)30-17-29(22(2)15-32(30)39-4)33(38)36-27(20-37)16-24-7-9-25(18-34)10-8-24/h5-15,17,23,27,35,37H,16,19-20H2,1-4H3,(H,36,38)/t23-,27-/m1/s1. The monoisotopic (exact) mass is 537 g/mol. The second kappa shape index (κ2) is 13.1. The third kappa shape index (κ3) is 6.97. The van der Waals surface area contributed by atoms with Crippen LogP contribution in [0.4, 0.5) is 0 Å². The van der Waals surface area contributed by atoms with Gasteiger partial charge in [0.1, 0.15) is 17.3 Å². The van der Waals surface area contributed by atoms with Crippen molar-refractivity contribution in [1.82, 2.24) is 10.6 Å². The SMILES string of the molecule is COc1cc(C)c(C(=O)N[C@@H](CO)Cc2ccc(C#N)cc2)cc1-c1ccc(CN[C@H](C)c2ccc(C)cc2)o1. The number of nitriles is 1. The molecule has 1 amide bonds. The largest absolute Gasteiger partial charge is 0.496 e. The van der Waals surface area contributed by atoms with Crippen molar-refractivity contribution in [3.63, 3.8) is 0 Å². The van der Waals surface area contributed by atoms with Crippen LogP contribution in [0.25, 0.3) is 11.3 Å². The maximum absolute atomic E-state index is 13.3. The average molecular weight is 538 g/mol. The summed E-state index contributed by atoms with van der Waals surface area (Å²) < 4.78 is 11.8. The molecule has 0 saturated heterocycles. The smallest absolute Gasteiger partial charge is 0.251 e. The van der Waals surface area contributed by atoms with Crippen molar-refractivity contribution in [1.29, 1.82) is 5.26 Å². The molecule has 4 rings (SSSR count). The summed E-state index contributed by atoms with van der Waals surface area (Å²) in [5.74, 6) is 1.68. The van der Waals surface area contributed by atoms with E-state index >= 15 is 0 Å². The maximum atomic E-state index is 13.3. The first-order valence-electron chi connectivity index (χ1n) is 13.3. The molecular formula is C33H35N3O4. The molecule has 7 nitrogen and oxygen atoms in total. The lowest BCUT2D eigenvalue weighted by molar-refractivity contribution is 0.0916. The fourth-order valence-electron chi connectivity index (χ4n) is 4.56. The predicted molar refractivity (Wildman–Crippen MR) is 155 cm³/mol. The van der Waals surface area contributed by atoms with Gasteiger partial charge in [-0.1, -0.05) is 42.0 Å². The van der Waals surface area contributed by atoms with Crippen LogP contribution >= 0.6 is 0 Å². The third-order valence-electron chi connectivity index (χ3n) is 7.00. The van der Waals surface area contributed by atoms with E-state index < -0.39 is 6.04 Å². The number of nitrogens with one attached hydrogen (secondary N) is 2. The van der Waals surface area contributed by atoms with Gasteiger partial charge in [0, 0.05) is 11.6 Å². The first-order chi connectivity index (χ1) is 19.3. The Morgan fingerprint density at radius 2 is 1.77 bits per heavy atom. The minimum absolute atomic E-state index is 0.155. The normalized spacial score (nSPS) is 12.4. The lowest BCUT2D eigenvalue weighted by Gasteiger charge is -2.18. The molecule has 40 heavy (non-hydrogen) atoms. The Kier molecular flexibility index (Phi) is 9.39. The molecular weight excluding hydrogens is 502 g/mol. The van der Waals surface area contributed by atoms with Gasteiger partial charge in [-0.25, -0.2) is 0 Å². The van der Waals surface area contributed by atoms with Crippen molar-refractivity contribution < 1.29 is 19.1 Å². The molecule has 0 aliphatic heterocycles. The minimum Gasteiger partial charge on any atom is -0.496 e. The molecule has 0 fully saturated rings. The Labute approximate surface area is 235 Å². The van der Waals surface area contributed by atoms with Crippen molar-refractivity contribution in [2.24, 2.45) is 0 Å². The number of carbonyl (C=O) groups excluding carboxylic acids is 1. The molecule has 2 atom stereocenters. The number of aryl methyl sites for hydroxylation is 2. The number of aliphatic hydroxyl groups is 1. The van der Waals surface area contributed by atoms with Gasteiger partial charge in [-0.05, 0) is 80.3 Å². The quantitative estimate of drug-likeness (QED) is 0.229. The highest BCUT2D eigenvalue weighted by atomic mass is 16.5. The number of hydrogen-bond donors (Lipinski definition) is 3. The number of ether oxygens (including phenoxy) is 1. The van der Waals surface area contributed by atoms with Crippen molar-refractivity contribution in [2.75, 3.05) is 13.7 Å². The molecule has 4 aromatic rings. The van der Waals surface area contributed by atoms with Crippen LogP contribution in [0.5, 0.6) is 5.75 Å². The van der Waals surface area contributed by atoms with Gasteiger partial charge in [0.05, 0.1) is 43.5 Å². The second-order valence-electron chi connectivity index (χ2n) is 10.0. The fraction of sp³-hybridized carbons (Fsp3) is 0.273. The Balaban J connectivity index is 1.48. The van der Waals surface area contributed by atoms with E-state index in [1.165, 1.54) is 11.1 Å².